The topological polar surface area (TPSA) is 105 Å². The number of halogens is 1. The first kappa shape index (κ1) is 23.8. The molecule has 0 unspecified atom stereocenters. The van der Waals surface area contributed by atoms with Gasteiger partial charge < -0.3 is 25.3 Å². The molecule has 1 aromatic heterocycles. The van der Waals surface area contributed by atoms with E-state index in [0.717, 1.165) is 54.8 Å². The monoisotopic (exact) mass is 476 g/mol. The van der Waals surface area contributed by atoms with Crippen molar-refractivity contribution in [1.29, 1.82) is 0 Å². The maximum Gasteiger partial charge on any atom is 0.328 e. The molecule has 8 nitrogen and oxygen atoms in total. The number of aryl methyl sites for hydroxylation is 1. The van der Waals surface area contributed by atoms with Crippen molar-refractivity contribution in [1.82, 2.24) is 9.80 Å². The number of carbonyl (C=O) groups is 2. The lowest BCUT2D eigenvalue weighted by molar-refractivity contribution is -0.134. The Morgan fingerprint density at radius 1 is 1.16 bits per heavy atom. The Morgan fingerprint density at radius 2 is 1.81 bits per heavy atom. The molecule has 2 aromatic rings. The van der Waals surface area contributed by atoms with Crippen molar-refractivity contribution in [3.63, 3.8) is 0 Å². The van der Waals surface area contributed by atoms with Gasteiger partial charge in [-0.2, -0.15) is 0 Å². The summed E-state index contributed by atoms with van der Waals surface area (Å²) in [5.74, 6) is -1.44. The molecule has 3 N–H and O–H groups in total. The SMILES string of the molecule is CCc1cc2c(s1)Nc1ccc(Cl)cc1N=C2N1CCN(C)CC1.O=C(O)/C=C\C(=O)O. The van der Waals surface area contributed by atoms with E-state index in [1.54, 1.807) is 0 Å². The van der Waals surface area contributed by atoms with E-state index in [1.807, 2.05) is 29.5 Å². The van der Waals surface area contributed by atoms with Crippen molar-refractivity contribution in [2.45, 2.75) is 13.3 Å². The van der Waals surface area contributed by atoms with E-state index < -0.39 is 11.9 Å². The van der Waals surface area contributed by atoms with E-state index >= 15 is 0 Å². The highest BCUT2D eigenvalue weighted by Crippen LogP contribution is 2.40. The van der Waals surface area contributed by atoms with Crippen LogP contribution in [0.15, 0.2) is 41.4 Å². The second kappa shape index (κ2) is 10.6. The molecule has 170 valence electrons. The smallest absolute Gasteiger partial charge is 0.328 e. The number of likely N-dealkylation sites (N-methyl/N-ethyl adjacent to an activating group) is 1. The van der Waals surface area contributed by atoms with Gasteiger partial charge in [0.05, 0.1) is 16.9 Å². The third-order valence-electron chi connectivity index (χ3n) is 4.98. The summed E-state index contributed by atoms with van der Waals surface area (Å²) in [6.07, 6.45) is 2.16. The highest BCUT2D eigenvalue weighted by Gasteiger charge is 2.25. The summed E-state index contributed by atoms with van der Waals surface area (Å²) in [7, 11) is 2.17. The number of hydrogen-bond donors (Lipinski definition) is 3. The Labute approximate surface area is 195 Å². The lowest BCUT2D eigenvalue weighted by Gasteiger charge is -2.34. The second-order valence-corrected chi connectivity index (χ2v) is 8.90. The minimum atomic E-state index is -1.26. The summed E-state index contributed by atoms with van der Waals surface area (Å²) in [5.41, 5.74) is 3.15. The first-order chi connectivity index (χ1) is 15.3. The molecule has 2 aliphatic heterocycles. The van der Waals surface area contributed by atoms with Crippen LogP contribution in [0.1, 0.15) is 17.4 Å². The first-order valence-corrected chi connectivity index (χ1v) is 11.3. The Kier molecular flexibility index (Phi) is 7.89. The number of fused-ring (bicyclic) bond motifs is 2. The molecule has 4 rings (SSSR count). The number of aliphatic carboxylic acids is 2. The van der Waals surface area contributed by atoms with Gasteiger partial charge in [-0.05, 0) is 37.7 Å². The molecule has 2 aliphatic rings. The number of aliphatic imine (C=N–C) groups is 1. The fourth-order valence-electron chi connectivity index (χ4n) is 3.28. The summed E-state index contributed by atoms with van der Waals surface area (Å²) < 4.78 is 0. The number of nitrogens with zero attached hydrogens (tertiary/aromatic N) is 3. The number of piperazine rings is 1. The fourth-order valence-corrected chi connectivity index (χ4v) is 4.45. The molecule has 0 amide bonds. The second-order valence-electron chi connectivity index (χ2n) is 7.33. The molecule has 1 fully saturated rings. The molecular formula is C22H25ClN4O4S. The number of benzene rings is 1. The van der Waals surface area contributed by atoms with Crippen LogP contribution in [0.2, 0.25) is 5.02 Å². The zero-order valence-corrected chi connectivity index (χ0v) is 19.4. The average molecular weight is 477 g/mol. The molecule has 1 aromatic carbocycles. The molecule has 32 heavy (non-hydrogen) atoms. The number of carboxylic acids is 2. The number of hydrogen-bond acceptors (Lipinski definition) is 7. The van der Waals surface area contributed by atoms with Gasteiger partial charge in [-0.1, -0.05) is 18.5 Å². The zero-order valence-electron chi connectivity index (χ0n) is 17.8. The van der Waals surface area contributed by atoms with Gasteiger partial charge in [0.25, 0.3) is 0 Å². The zero-order chi connectivity index (χ0) is 23.3. The predicted octanol–water partition coefficient (Wildman–Crippen LogP) is 4.06. The van der Waals surface area contributed by atoms with Gasteiger partial charge in [-0.3, -0.25) is 0 Å². The maximum absolute atomic E-state index is 9.55. The van der Waals surface area contributed by atoms with Crippen molar-refractivity contribution >= 4 is 57.1 Å². The Bertz CT molecular complexity index is 1040. The maximum atomic E-state index is 9.55. The minimum absolute atomic E-state index is 0.558. The number of thiophene rings is 1. The van der Waals surface area contributed by atoms with Gasteiger partial charge in [-0.15, -0.1) is 11.3 Å². The van der Waals surface area contributed by atoms with E-state index in [1.165, 1.54) is 15.4 Å². The van der Waals surface area contributed by atoms with Gasteiger partial charge in [0, 0.05) is 48.2 Å². The van der Waals surface area contributed by atoms with Crippen LogP contribution in [0.5, 0.6) is 0 Å². The Hall–Kier alpha value is -2.88. The largest absolute Gasteiger partial charge is 0.478 e. The standard InChI is InChI=1S/C18H21ClN4S.C4H4O4/c1-3-13-11-14-17(23-8-6-22(2)7-9-23)20-16-10-12(19)4-5-15(16)21-18(14)24-13;5-3(6)1-2-4(7)8/h4-5,10-11,21H,3,6-9H2,1-2H3;1-2H,(H,5,6)(H,7,8)/b;2-1-. The van der Waals surface area contributed by atoms with Crippen LogP contribution in [-0.4, -0.2) is 71.0 Å². The van der Waals surface area contributed by atoms with Gasteiger partial charge in [0.1, 0.15) is 10.8 Å². The van der Waals surface area contributed by atoms with Crippen LogP contribution in [0.4, 0.5) is 16.4 Å². The van der Waals surface area contributed by atoms with E-state index in [4.69, 9.17) is 26.8 Å². The van der Waals surface area contributed by atoms with Gasteiger partial charge >= 0.3 is 11.9 Å². The molecule has 0 aliphatic carbocycles. The molecule has 3 heterocycles. The molecule has 10 heteroatoms. The molecule has 0 spiro atoms. The normalized spacial score (nSPS) is 15.6. The van der Waals surface area contributed by atoms with Crippen LogP contribution < -0.4 is 5.32 Å². The molecule has 0 saturated carbocycles. The lowest BCUT2D eigenvalue weighted by Crippen LogP contribution is -2.47. The van der Waals surface area contributed by atoms with Crippen LogP contribution in [0.25, 0.3) is 0 Å². The number of nitrogens with one attached hydrogen (secondary N) is 1. The molecule has 0 bridgehead atoms. The fraction of sp³-hybridized carbons (Fsp3) is 0.318. The highest BCUT2D eigenvalue weighted by atomic mass is 35.5. The molecular weight excluding hydrogens is 452 g/mol. The third-order valence-corrected chi connectivity index (χ3v) is 6.41. The van der Waals surface area contributed by atoms with Crippen molar-refractivity contribution in [2.24, 2.45) is 4.99 Å². The van der Waals surface area contributed by atoms with Crippen LogP contribution in [0.3, 0.4) is 0 Å². The highest BCUT2D eigenvalue weighted by molar-refractivity contribution is 7.16. The van der Waals surface area contributed by atoms with Crippen molar-refractivity contribution in [3.8, 4) is 0 Å². The molecule has 1 saturated heterocycles. The van der Waals surface area contributed by atoms with Gasteiger partial charge in [0.15, 0.2) is 0 Å². The van der Waals surface area contributed by atoms with Gasteiger partial charge in [-0.25, -0.2) is 14.6 Å². The van der Waals surface area contributed by atoms with E-state index in [9.17, 15) is 9.59 Å². The summed E-state index contributed by atoms with van der Waals surface area (Å²) in [6, 6.07) is 8.16. The van der Waals surface area contributed by atoms with Crippen LogP contribution in [-0.2, 0) is 16.0 Å². The van der Waals surface area contributed by atoms with Crippen LogP contribution >= 0.6 is 22.9 Å². The minimum Gasteiger partial charge on any atom is -0.478 e. The Morgan fingerprint density at radius 3 is 2.41 bits per heavy atom. The average Bonchev–Trinajstić information content (AvgIpc) is 3.10. The van der Waals surface area contributed by atoms with E-state index in [0.29, 0.717) is 12.2 Å². The van der Waals surface area contributed by atoms with Crippen molar-refractivity contribution in [3.05, 3.63) is 51.9 Å². The number of amidine groups is 1. The lowest BCUT2D eigenvalue weighted by atomic mass is 10.2. The van der Waals surface area contributed by atoms with Crippen molar-refractivity contribution in [2.75, 3.05) is 38.5 Å². The number of rotatable bonds is 3. The molecule has 0 radical (unpaired) electrons. The number of anilines is 2. The Balaban J connectivity index is 0.000000312. The molecule has 0 atom stereocenters. The van der Waals surface area contributed by atoms with Gasteiger partial charge in [0.2, 0.25) is 0 Å². The summed E-state index contributed by atoms with van der Waals surface area (Å²) in [5, 5.41) is 21.1. The first-order valence-electron chi connectivity index (χ1n) is 10.1. The third kappa shape index (κ3) is 6.09. The van der Waals surface area contributed by atoms with Crippen LogP contribution in [0, 0.1) is 0 Å². The number of carboxylic acid groups (broad SMARTS) is 2. The quantitative estimate of drug-likeness (QED) is 0.573. The summed E-state index contributed by atoms with van der Waals surface area (Å²) in [4.78, 5) is 30.3. The summed E-state index contributed by atoms with van der Waals surface area (Å²) in [6.45, 7) is 6.33. The predicted molar refractivity (Wildman–Crippen MR) is 128 cm³/mol. The summed E-state index contributed by atoms with van der Waals surface area (Å²) >= 11 is 8.02. The van der Waals surface area contributed by atoms with Crippen molar-refractivity contribution < 1.29 is 19.8 Å². The van der Waals surface area contributed by atoms with E-state index in [2.05, 4.69) is 35.2 Å². The van der Waals surface area contributed by atoms with E-state index in [-0.39, 0.29) is 0 Å².